The SMILES string of the molecule is CC(C)(C)c1cccc2c1C(C)(C)c1c-2cccc1C(C)(C)C. The minimum atomic E-state index is 0.0540. The van der Waals surface area contributed by atoms with E-state index in [9.17, 15) is 0 Å². The summed E-state index contributed by atoms with van der Waals surface area (Å²) in [5, 5.41) is 0. The minimum Gasteiger partial charge on any atom is -0.0613 e. The van der Waals surface area contributed by atoms with Crippen LogP contribution in [0.2, 0.25) is 0 Å². The average molecular weight is 306 g/mol. The Morgan fingerprint density at radius 2 is 0.957 bits per heavy atom. The summed E-state index contributed by atoms with van der Waals surface area (Å²) in [5.41, 5.74) is 9.26. The van der Waals surface area contributed by atoms with Crippen molar-refractivity contribution < 1.29 is 0 Å². The lowest BCUT2D eigenvalue weighted by Crippen LogP contribution is -2.26. The molecule has 0 spiro atoms. The Kier molecular flexibility index (Phi) is 3.35. The Morgan fingerprint density at radius 3 is 1.26 bits per heavy atom. The molecule has 0 saturated carbocycles. The number of fused-ring (bicyclic) bond motifs is 3. The van der Waals surface area contributed by atoms with Gasteiger partial charge in [-0.05, 0) is 44.2 Å². The van der Waals surface area contributed by atoms with Crippen molar-refractivity contribution in [2.45, 2.75) is 71.6 Å². The standard InChI is InChI=1S/C23H30/c1-21(2,3)17-13-9-11-15-16-12-10-14-18(22(4,5)6)20(16)23(7,8)19(15)17/h9-14H,1-8H3. The van der Waals surface area contributed by atoms with Crippen LogP contribution in [0.4, 0.5) is 0 Å². The van der Waals surface area contributed by atoms with Crippen LogP contribution < -0.4 is 0 Å². The van der Waals surface area contributed by atoms with Gasteiger partial charge in [0.05, 0.1) is 0 Å². The highest BCUT2D eigenvalue weighted by Crippen LogP contribution is 2.54. The van der Waals surface area contributed by atoms with Gasteiger partial charge in [-0.1, -0.05) is 91.8 Å². The van der Waals surface area contributed by atoms with Crippen LogP contribution in [0.15, 0.2) is 36.4 Å². The normalized spacial score (nSPS) is 16.2. The van der Waals surface area contributed by atoms with E-state index in [-0.39, 0.29) is 16.2 Å². The van der Waals surface area contributed by atoms with Crippen molar-refractivity contribution in [3.63, 3.8) is 0 Å². The van der Waals surface area contributed by atoms with E-state index in [1.54, 1.807) is 0 Å². The lowest BCUT2D eigenvalue weighted by atomic mass is 9.70. The predicted molar refractivity (Wildman–Crippen MR) is 101 cm³/mol. The molecule has 0 atom stereocenters. The Bertz CT molecular complexity index is 696. The molecule has 0 heterocycles. The first-order chi connectivity index (χ1) is 10.5. The molecule has 0 bridgehead atoms. The van der Waals surface area contributed by atoms with Gasteiger partial charge in [0, 0.05) is 5.41 Å². The molecule has 0 heteroatoms. The fourth-order valence-corrected chi connectivity index (χ4v) is 4.28. The second kappa shape index (κ2) is 4.72. The molecule has 1 aliphatic rings. The minimum absolute atomic E-state index is 0.0540. The van der Waals surface area contributed by atoms with E-state index in [1.807, 2.05) is 0 Å². The molecule has 0 amide bonds. The smallest absolute Gasteiger partial charge is 0.0164 e. The summed E-state index contributed by atoms with van der Waals surface area (Å²) >= 11 is 0. The second-order valence-corrected chi connectivity index (χ2v) is 9.58. The highest BCUT2D eigenvalue weighted by Gasteiger charge is 2.42. The van der Waals surface area contributed by atoms with Gasteiger partial charge in [-0.2, -0.15) is 0 Å². The number of hydrogen-bond donors (Lipinski definition) is 0. The fourth-order valence-electron chi connectivity index (χ4n) is 4.28. The maximum atomic E-state index is 2.40. The molecule has 122 valence electrons. The molecule has 0 aliphatic heterocycles. The van der Waals surface area contributed by atoms with Crippen molar-refractivity contribution in [3.05, 3.63) is 58.7 Å². The lowest BCUT2D eigenvalue weighted by Gasteiger charge is -2.33. The van der Waals surface area contributed by atoms with Crippen molar-refractivity contribution >= 4 is 0 Å². The maximum Gasteiger partial charge on any atom is 0.0164 e. The zero-order chi connectivity index (χ0) is 17.2. The van der Waals surface area contributed by atoms with E-state index in [1.165, 1.54) is 33.4 Å². The molecular formula is C23H30. The van der Waals surface area contributed by atoms with Crippen molar-refractivity contribution in [2.24, 2.45) is 0 Å². The molecule has 0 radical (unpaired) electrons. The highest BCUT2D eigenvalue weighted by molar-refractivity contribution is 5.83. The summed E-state index contributed by atoms with van der Waals surface area (Å²) in [6.45, 7) is 18.8. The molecule has 0 nitrogen and oxygen atoms in total. The first kappa shape index (κ1) is 16.3. The van der Waals surface area contributed by atoms with Gasteiger partial charge in [-0.25, -0.2) is 0 Å². The van der Waals surface area contributed by atoms with Crippen LogP contribution in [0.25, 0.3) is 11.1 Å². The molecule has 3 rings (SSSR count). The first-order valence-electron chi connectivity index (χ1n) is 8.74. The molecule has 23 heavy (non-hydrogen) atoms. The molecule has 0 saturated heterocycles. The molecule has 2 aromatic rings. The van der Waals surface area contributed by atoms with E-state index < -0.39 is 0 Å². The molecule has 0 N–H and O–H groups in total. The van der Waals surface area contributed by atoms with Gasteiger partial charge in [0.2, 0.25) is 0 Å². The van der Waals surface area contributed by atoms with Crippen molar-refractivity contribution in [3.8, 4) is 11.1 Å². The van der Waals surface area contributed by atoms with Crippen molar-refractivity contribution in [2.75, 3.05) is 0 Å². The van der Waals surface area contributed by atoms with E-state index in [4.69, 9.17) is 0 Å². The quantitative estimate of drug-likeness (QED) is 0.515. The molecule has 2 aromatic carbocycles. The summed E-state index contributed by atoms with van der Waals surface area (Å²) in [6, 6.07) is 13.7. The van der Waals surface area contributed by atoms with Crippen molar-refractivity contribution in [1.29, 1.82) is 0 Å². The van der Waals surface area contributed by atoms with Crippen LogP contribution in [-0.2, 0) is 16.2 Å². The zero-order valence-corrected chi connectivity index (χ0v) is 16.0. The van der Waals surface area contributed by atoms with E-state index in [0.29, 0.717) is 0 Å². The lowest BCUT2D eigenvalue weighted by molar-refractivity contribution is 0.536. The fraction of sp³-hybridized carbons (Fsp3) is 0.478. The summed E-state index contributed by atoms with van der Waals surface area (Å²) < 4.78 is 0. The Labute approximate surface area is 141 Å². The van der Waals surface area contributed by atoms with Crippen molar-refractivity contribution in [1.82, 2.24) is 0 Å². The van der Waals surface area contributed by atoms with Crippen LogP contribution in [-0.4, -0.2) is 0 Å². The van der Waals surface area contributed by atoms with Crippen LogP contribution >= 0.6 is 0 Å². The third kappa shape index (κ3) is 2.35. The van der Waals surface area contributed by atoms with E-state index >= 15 is 0 Å². The van der Waals surface area contributed by atoms with Gasteiger partial charge in [0.1, 0.15) is 0 Å². The molecule has 0 aromatic heterocycles. The summed E-state index contributed by atoms with van der Waals surface area (Å²) in [7, 11) is 0. The Morgan fingerprint density at radius 1 is 0.609 bits per heavy atom. The third-order valence-corrected chi connectivity index (χ3v) is 5.29. The molecule has 1 aliphatic carbocycles. The second-order valence-electron chi connectivity index (χ2n) is 9.58. The van der Waals surface area contributed by atoms with E-state index in [0.717, 1.165) is 0 Å². The predicted octanol–water partition coefficient (Wildman–Crippen LogP) is 6.59. The third-order valence-electron chi connectivity index (χ3n) is 5.29. The molecular weight excluding hydrogens is 276 g/mol. The summed E-state index contributed by atoms with van der Waals surface area (Å²) in [4.78, 5) is 0. The Hall–Kier alpha value is -1.56. The Balaban J connectivity index is 2.40. The topological polar surface area (TPSA) is 0 Å². The highest BCUT2D eigenvalue weighted by atomic mass is 14.4. The van der Waals surface area contributed by atoms with Crippen LogP contribution in [0.3, 0.4) is 0 Å². The van der Waals surface area contributed by atoms with Crippen LogP contribution in [0.5, 0.6) is 0 Å². The van der Waals surface area contributed by atoms with Crippen LogP contribution in [0, 0.1) is 0 Å². The number of rotatable bonds is 0. The summed E-state index contributed by atoms with van der Waals surface area (Å²) in [6.07, 6.45) is 0. The van der Waals surface area contributed by atoms with E-state index in [2.05, 4.69) is 91.8 Å². The van der Waals surface area contributed by atoms with Gasteiger partial charge in [-0.15, -0.1) is 0 Å². The first-order valence-corrected chi connectivity index (χ1v) is 8.74. The average Bonchev–Trinajstić information content (AvgIpc) is 2.66. The monoisotopic (exact) mass is 306 g/mol. The van der Waals surface area contributed by atoms with Gasteiger partial charge >= 0.3 is 0 Å². The molecule has 0 unspecified atom stereocenters. The number of hydrogen-bond acceptors (Lipinski definition) is 0. The van der Waals surface area contributed by atoms with Gasteiger partial charge in [0.25, 0.3) is 0 Å². The zero-order valence-electron chi connectivity index (χ0n) is 16.0. The largest absolute Gasteiger partial charge is 0.0613 e. The van der Waals surface area contributed by atoms with Gasteiger partial charge < -0.3 is 0 Å². The van der Waals surface area contributed by atoms with Crippen LogP contribution in [0.1, 0.15) is 77.6 Å². The van der Waals surface area contributed by atoms with Gasteiger partial charge in [0.15, 0.2) is 0 Å². The maximum absolute atomic E-state index is 2.40. The molecule has 0 fully saturated rings. The van der Waals surface area contributed by atoms with Gasteiger partial charge in [-0.3, -0.25) is 0 Å². The number of benzene rings is 2. The summed E-state index contributed by atoms with van der Waals surface area (Å²) in [5.74, 6) is 0.